The Morgan fingerprint density at radius 3 is 2.54 bits per heavy atom. The van der Waals surface area contributed by atoms with Crippen LogP contribution in [-0.4, -0.2) is 11.1 Å². The first-order valence-corrected chi connectivity index (χ1v) is 4.83. The minimum Gasteiger partial charge on any atom is -0.480 e. The van der Waals surface area contributed by atoms with E-state index in [0.29, 0.717) is 4.88 Å². The van der Waals surface area contributed by atoms with Crippen LogP contribution >= 0.6 is 39.7 Å². The third kappa shape index (κ3) is 2.67. The molecule has 3 N–H and O–H groups in total. The van der Waals surface area contributed by atoms with Crippen LogP contribution in [0.25, 0.3) is 0 Å². The number of aliphatic carboxylic acids is 1. The SMILES string of the molecule is CC(N)(C(=O)O)c1ccc(Br)s1.Cl. The normalized spacial score (nSPS) is 14.4. The number of rotatable bonds is 2. The molecule has 1 aromatic heterocycles. The Morgan fingerprint density at radius 1 is 1.69 bits per heavy atom. The number of carboxylic acid groups (broad SMARTS) is 1. The van der Waals surface area contributed by atoms with E-state index in [1.54, 1.807) is 12.1 Å². The standard InChI is InChI=1S/C7H8BrNO2S.ClH/c1-7(9,6(10)11)4-2-3-5(8)12-4;/h2-3H,9H2,1H3,(H,10,11);1H. The summed E-state index contributed by atoms with van der Waals surface area (Å²) >= 11 is 4.58. The van der Waals surface area contributed by atoms with Gasteiger partial charge in [-0.3, -0.25) is 0 Å². The predicted molar refractivity (Wildman–Crippen MR) is 58.4 cm³/mol. The fourth-order valence-corrected chi connectivity index (χ4v) is 2.14. The molecule has 1 unspecified atom stereocenters. The highest BCUT2D eigenvalue weighted by atomic mass is 79.9. The van der Waals surface area contributed by atoms with Crippen molar-refractivity contribution in [3.63, 3.8) is 0 Å². The van der Waals surface area contributed by atoms with E-state index in [4.69, 9.17) is 10.8 Å². The molecule has 0 spiro atoms. The van der Waals surface area contributed by atoms with Crippen molar-refractivity contribution >= 4 is 45.6 Å². The Bertz CT molecular complexity index is 313. The van der Waals surface area contributed by atoms with Gasteiger partial charge in [0.15, 0.2) is 0 Å². The van der Waals surface area contributed by atoms with Gasteiger partial charge in [-0.05, 0) is 35.0 Å². The maximum Gasteiger partial charge on any atom is 0.328 e. The van der Waals surface area contributed by atoms with Gasteiger partial charge < -0.3 is 10.8 Å². The highest BCUT2D eigenvalue weighted by Gasteiger charge is 2.31. The average molecular weight is 287 g/mol. The van der Waals surface area contributed by atoms with Gasteiger partial charge in [0.1, 0.15) is 5.54 Å². The summed E-state index contributed by atoms with van der Waals surface area (Å²) in [7, 11) is 0. The van der Waals surface area contributed by atoms with E-state index in [1.807, 2.05) is 0 Å². The van der Waals surface area contributed by atoms with Crippen LogP contribution < -0.4 is 5.73 Å². The van der Waals surface area contributed by atoms with Crippen molar-refractivity contribution in [3.05, 3.63) is 20.8 Å². The van der Waals surface area contributed by atoms with Gasteiger partial charge in [-0.15, -0.1) is 23.7 Å². The van der Waals surface area contributed by atoms with Crippen LogP contribution in [0.1, 0.15) is 11.8 Å². The minimum absolute atomic E-state index is 0. The summed E-state index contributed by atoms with van der Waals surface area (Å²) < 4.78 is 0.885. The van der Waals surface area contributed by atoms with Gasteiger partial charge in [-0.25, -0.2) is 4.79 Å². The van der Waals surface area contributed by atoms with E-state index in [2.05, 4.69) is 15.9 Å². The molecule has 0 aliphatic rings. The van der Waals surface area contributed by atoms with Crippen molar-refractivity contribution in [2.45, 2.75) is 12.5 Å². The zero-order valence-electron chi connectivity index (χ0n) is 6.78. The third-order valence-corrected chi connectivity index (χ3v) is 3.39. The van der Waals surface area contributed by atoms with Crippen LogP contribution in [0.15, 0.2) is 15.9 Å². The number of carboxylic acids is 1. The maximum absolute atomic E-state index is 10.7. The molecule has 0 radical (unpaired) electrons. The summed E-state index contributed by atoms with van der Waals surface area (Å²) in [6.45, 7) is 1.48. The van der Waals surface area contributed by atoms with Crippen LogP contribution in [0.4, 0.5) is 0 Å². The molecule has 0 aliphatic heterocycles. The lowest BCUT2D eigenvalue weighted by atomic mass is 10.0. The van der Waals surface area contributed by atoms with Gasteiger partial charge in [0, 0.05) is 4.88 Å². The highest BCUT2D eigenvalue weighted by molar-refractivity contribution is 9.11. The Hall–Kier alpha value is -0.100. The lowest BCUT2D eigenvalue weighted by Gasteiger charge is -2.16. The van der Waals surface area contributed by atoms with Crippen molar-refractivity contribution in [1.29, 1.82) is 0 Å². The Labute approximate surface area is 94.5 Å². The van der Waals surface area contributed by atoms with E-state index >= 15 is 0 Å². The van der Waals surface area contributed by atoms with Crippen LogP contribution in [0.2, 0.25) is 0 Å². The molecular weight excluding hydrogens is 278 g/mol. The molecule has 0 amide bonds. The van der Waals surface area contributed by atoms with Crippen molar-refractivity contribution in [2.24, 2.45) is 5.73 Å². The average Bonchev–Trinajstić information content (AvgIpc) is 2.35. The number of thiophene rings is 1. The first-order valence-electron chi connectivity index (χ1n) is 3.22. The van der Waals surface area contributed by atoms with Gasteiger partial charge in [-0.2, -0.15) is 0 Å². The Morgan fingerprint density at radius 2 is 2.23 bits per heavy atom. The van der Waals surface area contributed by atoms with Crippen LogP contribution in [0, 0.1) is 0 Å². The molecule has 0 bridgehead atoms. The molecule has 1 rings (SSSR count). The summed E-state index contributed by atoms with van der Waals surface area (Å²) in [6.07, 6.45) is 0. The number of carbonyl (C=O) groups is 1. The second-order valence-corrected chi connectivity index (χ2v) is 5.07. The topological polar surface area (TPSA) is 63.3 Å². The third-order valence-electron chi connectivity index (χ3n) is 1.53. The van der Waals surface area contributed by atoms with E-state index in [1.165, 1.54) is 18.3 Å². The lowest BCUT2D eigenvalue weighted by Crippen LogP contribution is -2.40. The molecule has 6 heteroatoms. The van der Waals surface area contributed by atoms with Gasteiger partial charge >= 0.3 is 5.97 Å². The van der Waals surface area contributed by atoms with Gasteiger partial charge in [0.2, 0.25) is 0 Å². The van der Waals surface area contributed by atoms with E-state index in [0.717, 1.165) is 3.79 Å². The molecule has 0 aliphatic carbocycles. The van der Waals surface area contributed by atoms with Crippen molar-refractivity contribution in [3.8, 4) is 0 Å². The molecule has 13 heavy (non-hydrogen) atoms. The van der Waals surface area contributed by atoms with Gasteiger partial charge in [0.05, 0.1) is 3.79 Å². The minimum atomic E-state index is -1.28. The summed E-state index contributed by atoms with van der Waals surface area (Å²) in [4.78, 5) is 11.3. The van der Waals surface area contributed by atoms with Crippen LogP contribution in [0.3, 0.4) is 0 Å². The molecule has 74 valence electrons. The smallest absolute Gasteiger partial charge is 0.328 e. The Balaban J connectivity index is 0.00000144. The molecule has 1 atom stereocenters. The van der Waals surface area contributed by atoms with Crippen LogP contribution in [0.5, 0.6) is 0 Å². The highest BCUT2D eigenvalue weighted by Crippen LogP contribution is 2.29. The molecular formula is C7H9BrClNO2S. The largest absolute Gasteiger partial charge is 0.480 e. The zero-order valence-corrected chi connectivity index (χ0v) is 10.0. The predicted octanol–water partition coefficient (Wildman–Crippen LogP) is 2.19. The zero-order chi connectivity index (χ0) is 9.35. The summed E-state index contributed by atoms with van der Waals surface area (Å²) in [5, 5.41) is 8.77. The number of halogens is 2. The summed E-state index contributed by atoms with van der Waals surface area (Å²) in [5.74, 6) is -1.02. The molecule has 1 heterocycles. The van der Waals surface area contributed by atoms with Crippen LogP contribution in [-0.2, 0) is 10.3 Å². The monoisotopic (exact) mass is 285 g/mol. The van der Waals surface area contributed by atoms with Crippen molar-refractivity contribution < 1.29 is 9.90 Å². The summed E-state index contributed by atoms with van der Waals surface area (Å²) in [6, 6.07) is 3.50. The second kappa shape index (κ2) is 4.41. The Kier molecular flexibility index (Phi) is 4.38. The lowest BCUT2D eigenvalue weighted by molar-refractivity contribution is -0.142. The fourth-order valence-electron chi connectivity index (χ4n) is 0.699. The molecule has 0 aromatic carbocycles. The van der Waals surface area contributed by atoms with E-state index < -0.39 is 11.5 Å². The van der Waals surface area contributed by atoms with Gasteiger partial charge in [-0.1, -0.05) is 0 Å². The molecule has 0 fully saturated rings. The molecule has 3 nitrogen and oxygen atoms in total. The van der Waals surface area contributed by atoms with Crippen molar-refractivity contribution in [1.82, 2.24) is 0 Å². The molecule has 0 saturated carbocycles. The maximum atomic E-state index is 10.7. The van der Waals surface area contributed by atoms with E-state index in [9.17, 15) is 4.79 Å². The quantitative estimate of drug-likeness (QED) is 0.876. The second-order valence-electron chi connectivity index (χ2n) is 2.61. The van der Waals surface area contributed by atoms with Crippen molar-refractivity contribution in [2.75, 3.05) is 0 Å². The number of nitrogens with two attached hydrogens (primary N) is 1. The molecule has 0 saturated heterocycles. The number of hydrogen-bond donors (Lipinski definition) is 2. The summed E-state index contributed by atoms with van der Waals surface area (Å²) in [5.41, 5.74) is 4.30. The fraction of sp³-hybridized carbons (Fsp3) is 0.286. The van der Waals surface area contributed by atoms with Gasteiger partial charge in [0.25, 0.3) is 0 Å². The first kappa shape index (κ1) is 12.9. The number of hydrogen-bond acceptors (Lipinski definition) is 3. The first-order chi connectivity index (χ1) is 5.44. The molecule has 1 aromatic rings. The van der Waals surface area contributed by atoms with E-state index in [-0.39, 0.29) is 12.4 Å².